The van der Waals surface area contributed by atoms with Crippen LogP contribution < -0.4 is 15.2 Å². The fourth-order valence-corrected chi connectivity index (χ4v) is 5.20. The summed E-state index contributed by atoms with van der Waals surface area (Å²) < 4.78 is 11.7. The Kier molecular flexibility index (Phi) is 4.38. The van der Waals surface area contributed by atoms with Gasteiger partial charge in [-0.25, -0.2) is 4.98 Å². The molecule has 0 bridgehead atoms. The van der Waals surface area contributed by atoms with E-state index in [1.54, 1.807) is 7.11 Å². The monoisotopic (exact) mass is 404 g/mol. The summed E-state index contributed by atoms with van der Waals surface area (Å²) in [4.78, 5) is 18.3. The molecule has 1 aliphatic heterocycles. The number of nitrogen functional groups attached to an aromatic ring is 1. The molecule has 2 N–H and O–H groups in total. The lowest BCUT2D eigenvalue weighted by atomic mass is 9.69. The number of carbonyl (C=O) groups is 1. The van der Waals surface area contributed by atoms with E-state index in [2.05, 4.69) is 13.8 Å². The molecule has 3 aliphatic rings. The highest BCUT2D eigenvalue weighted by molar-refractivity contribution is 6.00. The Bertz CT molecular complexity index is 1070. The van der Waals surface area contributed by atoms with Crippen molar-refractivity contribution < 1.29 is 14.3 Å². The van der Waals surface area contributed by atoms with Crippen LogP contribution in [-0.4, -0.2) is 17.9 Å². The summed E-state index contributed by atoms with van der Waals surface area (Å²) in [5.74, 6) is 2.01. The first-order chi connectivity index (χ1) is 14.4. The number of fused-ring (bicyclic) bond motifs is 2. The van der Waals surface area contributed by atoms with Crippen LogP contribution in [0.5, 0.6) is 11.6 Å². The molecular weight excluding hydrogens is 376 g/mol. The molecule has 1 aromatic heterocycles. The number of pyridine rings is 1. The number of hydrogen-bond donors (Lipinski definition) is 1. The number of anilines is 1. The standard InChI is InChI=1S/C25H28N2O3/c1-25(2)12-18(28)21-19(13-25)30-24-22(20(21)14-8-10-15(29-3)11-9-14)23(26)16-6-4-5-7-17(16)27-24/h8-11,20H,4-7,12-13H2,1-3H3,(H2,26,27)/t20-/m0/s1. The van der Waals surface area contributed by atoms with Crippen LogP contribution in [0.1, 0.15) is 67.8 Å². The van der Waals surface area contributed by atoms with Crippen LogP contribution in [0.15, 0.2) is 35.6 Å². The van der Waals surface area contributed by atoms with Crippen molar-refractivity contribution in [3.05, 3.63) is 58.0 Å². The van der Waals surface area contributed by atoms with Crippen LogP contribution >= 0.6 is 0 Å². The van der Waals surface area contributed by atoms with Crippen LogP contribution in [0.2, 0.25) is 0 Å². The van der Waals surface area contributed by atoms with E-state index in [1.807, 2.05) is 24.3 Å². The van der Waals surface area contributed by atoms with Gasteiger partial charge in [-0.3, -0.25) is 4.79 Å². The number of carbonyl (C=O) groups excluding carboxylic acids is 1. The first-order valence-corrected chi connectivity index (χ1v) is 10.8. The van der Waals surface area contributed by atoms with E-state index in [0.29, 0.717) is 12.3 Å². The third-order valence-electron chi connectivity index (χ3n) is 6.65. The van der Waals surface area contributed by atoms with E-state index < -0.39 is 0 Å². The Balaban J connectivity index is 1.74. The molecule has 1 atom stereocenters. The number of Topliss-reactive ketones (excluding diaryl/α,β-unsaturated/α-hetero) is 1. The average Bonchev–Trinajstić information content (AvgIpc) is 2.71. The molecule has 30 heavy (non-hydrogen) atoms. The zero-order valence-corrected chi connectivity index (χ0v) is 17.9. The number of methoxy groups -OCH3 is 1. The maximum Gasteiger partial charge on any atom is 0.225 e. The number of nitrogens with zero attached hydrogens (tertiary/aromatic N) is 1. The summed E-state index contributed by atoms with van der Waals surface area (Å²) in [5.41, 5.74) is 12.2. The van der Waals surface area contributed by atoms with Gasteiger partial charge in [0.2, 0.25) is 5.88 Å². The number of rotatable bonds is 2. The topological polar surface area (TPSA) is 74.4 Å². The second-order valence-corrected chi connectivity index (χ2v) is 9.46. The normalized spacial score (nSPS) is 22.0. The van der Waals surface area contributed by atoms with Crippen molar-refractivity contribution in [3.63, 3.8) is 0 Å². The molecule has 2 aliphatic carbocycles. The molecule has 0 fully saturated rings. The van der Waals surface area contributed by atoms with Gasteiger partial charge < -0.3 is 15.2 Å². The molecule has 2 aromatic rings. The lowest BCUT2D eigenvalue weighted by molar-refractivity contribution is -0.118. The van der Waals surface area contributed by atoms with Gasteiger partial charge in [-0.2, -0.15) is 0 Å². The summed E-state index contributed by atoms with van der Waals surface area (Å²) in [6.45, 7) is 4.23. The van der Waals surface area contributed by atoms with Crippen molar-refractivity contribution in [2.24, 2.45) is 5.41 Å². The maximum absolute atomic E-state index is 13.3. The Hall–Kier alpha value is -2.82. The molecule has 0 saturated carbocycles. The molecule has 0 spiro atoms. The van der Waals surface area contributed by atoms with Gasteiger partial charge in [0.05, 0.1) is 12.7 Å². The first kappa shape index (κ1) is 19.2. The van der Waals surface area contributed by atoms with E-state index in [4.69, 9.17) is 20.2 Å². The van der Waals surface area contributed by atoms with Crippen LogP contribution in [0.25, 0.3) is 0 Å². The number of ketones is 1. The van der Waals surface area contributed by atoms with Crippen molar-refractivity contribution >= 4 is 11.5 Å². The third-order valence-corrected chi connectivity index (χ3v) is 6.65. The molecule has 0 amide bonds. The van der Waals surface area contributed by atoms with Gasteiger partial charge in [-0.15, -0.1) is 0 Å². The molecular formula is C25H28N2O3. The number of ether oxygens (including phenoxy) is 2. The van der Waals surface area contributed by atoms with Gasteiger partial charge >= 0.3 is 0 Å². The van der Waals surface area contributed by atoms with Gasteiger partial charge in [-0.1, -0.05) is 26.0 Å². The van der Waals surface area contributed by atoms with Crippen molar-refractivity contribution in [2.75, 3.05) is 12.8 Å². The van der Waals surface area contributed by atoms with Gasteiger partial charge in [0.15, 0.2) is 5.78 Å². The van der Waals surface area contributed by atoms with Gasteiger partial charge in [0, 0.05) is 35.7 Å². The van der Waals surface area contributed by atoms with Crippen LogP contribution in [0.4, 0.5) is 5.69 Å². The number of hydrogen-bond acceptors (Lipinski definition) is 5. The minimum Gasteiger partial charge on any atom is -0.497 e. The molecule has 5 heteroatoms. The van der Waals surface area contributed by atoms with Crippen molar-refractivity contribution in [1.29, 1.82) is 0 Å². The number of allylic oxidation sites excluding steroid dienone is 2. The van der Waals surface area contributed by atoms with E-state index >= 15 is 0 Å². The van der Waals surface area contributed by atoms with E-state index in [0.717, 1.165) is 77.3 Å². The molecule has 156 valence electrons. The molecule has 2 heterocycles. The zero-order valence-electron chi connectivity index (χ0n) is 17.9. The minimum atomic E-state index is -0.252. The van der Waals surface area contributed by atoms with Crippen molar-refractivity contribution in [2.45, 2.75) is 58.3 Å². The smallest absolute Gasteiger partial charge is 0.225 e. The average molecular weight is 405 g/mol. The molecule has 1 aromatic carbocycles. The number of nitrogens with two attached hydrogens (primary N) is 1. The highest BCUT2D eigenvalue weighted by Gasteiger charge is 2.44. The number of aromatic nitrogens is 1. The first-order valence-electron chi connectivity index (χ1n) is 10.8. The van der Waals surface area contributed by atoms with Crippen LogP contribution in [0.3, 0.4) is 0 Å². The zero-order chi connectivity index (χ0) is 21.0. The SMILES string of the molecule is COc1ccc([C@H]2C3=C(CC(C)(C)CC3=O)Oc3nc4c(c(N)c32)CCCC4)cc1. The highest BCUT2D eigenvalue weighted by Crippen LogP contribution is 2.52. The number of benzene rings is 1. The summed E-state index contributed by atoms with van der Waals surface area (Å²) >= 11 is 0. The Labute approximate surface area is 177 Å². The van der Waals surface area contributed by atoms with E-state index in [-0.39, 0.29) is 17.1 Å². The van der Waals surface area contributed by atoms with Gasteiger partial charge in [0.1, 0.15) is 11.5 Å². The fourth-order valence-electron chi connectivity index (χ4n) is 5.20. The fraction of sp³-hybridized carbons (Fsp3) is 0.440. The second kappa shape index (κ2) is 6.86. The van der Waals surface area contributed by atoms with Crippen LogP contribution in [0, 0.1) is 5.41 Å². The Morgan fingerprint density at radius 3 is 2.60 bits per heavy atom. The van der Waals surface area contributed by atoms with Crippen molar-refractivity contribution in [3.8, 4) is 11.6 Å². The molecule has 0 radical (unpaired) electrons. The van der Waals surface area contributed by atoms with E-state index in [9.17, 15) is 4.79 Å². The Morgan fingerprint density at radius 2 is 1.87 bits per heavy atom. The van der Waals surface area contributed by atoms with Crippen molar-refractivity contribution in [1.82, 2.24) is 4.98 Å². The molecule has 5 nitrogen and oxygen atoms in total. The molecule has 0 unspecified atom stereocenters. The lowest BCUT2D eigenvalue weighted by Gasteiger charge is -2.39. The Morgan fingerprint density at radius 1 is 1.13 bits per heavy atom. The van der Waals surface area contributed by atoms with Crippen LogP contribution in [-0.2, 0) is 17.6 Å². The summed E-state index contributed by atoms with van der Waals surface area (Å²) in [7, 11) is 1.65. The second-order valence-electron chi connectivity index (χ2n) is 9.46. The summed E-state index contributed by atoms with van der Waals surface area (Å²) in [6.07, 6.45) is 5.34. The van der Waals surface area contributed by atoms with Gasteiger partial charge in [-0.05, 0) is 54.4 Å². The van der Waals surface area contributed by atoms with E-state index in [1.165, 1.54) is 0 Å². The predicted molar refractivity (Wildman–Crippen MR) is 116 cm³/mol. The maximum atomic E-state index is 13.3. The summed E-state index contributed by atoms with van der Waals surface area (Å²) in [5, 5.41) is 0. The van der Waals surface area contributed by atoms with Gasteiger partial charge in [0.25, 0.3) is 0 Å². The minimum absolute atomic E-state index is 0.127. The summed E-state index contributed by atoms with van der Waals surface area (Å²) in [6, 6.07) is 7.91. The third kappa shape index (κ3) is 2.99. The lowest BCUT2D eigenvalue weighted by Crippen LogP contribution is -2.34. The number of aryl methyl sites for hydroxylation is 1. The highest BCUT2D eigenvalue weighted by atomic mass is 16.5. The molecule has 0 saturated heterocycles. The predicted octanol–water partition coefficient (Wildman–Crippen LogP) is 4.72. The molecule has 5 rings (SSSR count). The quantitative estimate of drug-likeness (QED) is 0.784. The largest absolute Gasteiger partial charge is 0.497 e.